The Kier molecular flexibility index (Phi) is 3.83. The second kappa shape index (κ2) is 5.01. The van der Waals surface area contributed by atoms with E-state index >= 15 is 0 Å². The van der Waals surface area contributed by atoms with E-state index < -0.39 is 0 Å². The van der Waals surface area contributed by atoms with Crippen LogP contribution in [0.4, 0.5) is 0 Å². The van der Waals surface area contributed by atoms with Crippen LogP contribution in [0.15, 0.2) is 11.6 Å². The van der Waals surface area contributed by atoms with Crippen molar-refractivity contribution in [2.24, 2.45) is 22.7 Å². The zero-order valence-electron chi connectivity index (χ0n) is 13.3. The summed E-state index contributed by atoms with van der Waals surface area (Å²) in [4.78, 5) is 24.7. The first kappa shape index (κ1) is 15.3. The molecule has 20 heavy (non-hydrogen) atoms. The Hall–Kier alpha value is -1.12. The fraction of sp³-hybridized carbons (Fsp3) is 0.765. The Balaban J connectivity index is 2.32. The summed E-state index contributed by atoms with van der Waals surface area (Å²) in [7, 11) is 0. The lowest BCUT2D eigenvalue weighted by atomic mass is 9.70. The number of allylic oxidation sites excluding steroid dienone is 1. The molecule has 0 amide bonds. The summed E-state index contributed by atoms with van der Waals surface area (Å²) in [5.74, 6) is 0.0543. The Morgan fingerprint density at radius 1 is 1.40 bits per heavy atom. The quantitative estimate of drug-likeness (QED) is 0.583. The number of fused-ring (bicyclic) bond motifs is 2. The lowest BCUT2D eigenvalue weighted by molar-refractivity contribution is -0.146. The molecule has 3 atom stereocenters. The van der Waals surface area contributed by atoms with Crippen molar-refractivity contribution in [3.63, 3.8) is 0 Å². The topological polar surface area (TPSA) is 43.4 Å². The van der Waals surface area contributed by atoms with Crippen LogP contribution >= 0.6 is 0 Å². The first-order chi connectivity index (χ1) is 9.29. The molecule has 0 aromatic heterocycles. The van der Waals surface area contributed by atoms with E-state index in [0.29, 0.717) is 18.9 Å². The van der Waals surface area contributed by atoms with E-state index in [-0.39, 0.29) is 28.5 Å². The summed E-state index contributed by atoms with van der Waals surface area (Å²) in [6, 6.07) is 0. The predicted molar refractivity (Wildman–Crippen MR) is 78.1 cm³/mol. The van der Waals surface area contributed by atoms with E-state index in [9.17, 15) is 9.59 Å². The minimum atomic E-state index is -0.285. The minimum Gasteiger partial charge on any atom is -0.466 e. The van der Waals surface area contributed by atoms with E-state index in [0.717, 1.165) is 18.4 Å². The average Bonchev–Trinajstić information content (AvgIpc) is 2.69. The number of hydrogen-bond acceptors (Lipinski definition) is 3. The van der Waals surface area contributed by atoms with Crippen LogP contribution in [-0.2, 0) is 14.3 Å². The van der Waals surface area contributed by atoms with Gasteiger partial charge in [0.2, 0.25) is 0 Å². The Bertz CT molecular complexity index is 461. The fourth-order valence-electron chi connectivity index (χ4n) is 3.94. The van der Waals surface area contributed by atoms with Crippen molar-refractivity contribution in [1.82, 2.24) is 0 Å². The molecule has 0 N–H and O–H groups in total. The van der Waals surface area contributed by atoms with Gasteiger partial charge in [0.1, 0.15) is 0 Å². The molecule has 3 nitrogen and oxygen atoms in total. The van der Waals surface area contributed by atoms with E-state index in [2.05, 4.69) is 20.8 Å². The summed E-state index contributed by atoms with van der Waals surface area (Å²) in [6.45, 7) is 10.6. The SMILES string of the molecule is CCOC(=O)[C@H](/C=C1\C(=O)[C@@]2(C)CC[C@H]1C2(C)C)CC. The molecule has 112 valence electrons. The van der Waals surface area contributed by atoms with Crippen molar-refractivity contribution in [3.8, 4) is 0 Å². The van der Waals surface area contributed by atoms with Gasteiger partial charge in [-0.25, -0.2) is 0 Å². The van der Waals surface area contributed by atoms with Crippen molar-refractivity contribution < 1.29 is 14.3 Å². The third-order valence-corrected chi connectivity index (χ3v) is 5.77. The third kappa shape index (κ3) is 1.94. The van der Waals surface area contributed by atoms with Gasteiger partial charge in [-0.15, -0.1) is 0 Å². The lowest BCUT2D eigenvalue weighted by Crippen LogP contribution is -2.32. The van der Waals surface area contributed by atoms with Crippen molar-refractivity contribution in [3.05, 3.63) is 11.6 Å². The molecule has 0 saturated heterocycles. The number of carbonyl (C=O) groups excluding carboxylic acids is 2. The van der Waals surface area contributed by atoms with E-state index in [1.807, 2.05) is 19.9 Å². The van der Waals surface area contributed by atoms with Crippen molar-refractivity contribution in [1.29, 1.82) is 0 Å². The van der Waals surface area contributed by atoms with Crippen molar-refractivity contribution in [2.75, 3.05) is 6.61 Å². The van der Waals surface area contributed by atoms with Gasteiger partial charge in [0.15, 0.2) is 5.78 Å². The summed E-state index contributed by atoms with van der Waals surface area (Å²) in [6.07, 6.45) is 4.61. The monoisotopic (exact) mass is 278 g/mol. The van der Waals surface area contributed by atoms with Crippen LogP contribution in [0.3, 0.4) is 0 Å². The van der Waals surface area contributed by atoms with E-state index in [1.54, 1.807) is 0 Å². The average molecular weight is 278 g/mol. The maximum absolute atomic E-state index is 12.7. The standard InChI is InChI=1S/C17H26O3/c1-6-11(15(19)20-7-2)10-12-13-8-9-17(5,14(12)18)16(13,3)4/h10-11,13H,6-9H2,1-5H3/b12-10-/t11-,13+,17+/m0/s1. The molecule has 2 aliphatic carbocycles. The molecular weight excluding hydrogens is 252 g/mol. The number of ketones is 1. The largest absolute Gasteiger partial charge is 0.466 e. The molecule has 3 heteroatoms. The summed E-state index contributed by atoms with van der Waals surface area (Å²) in [5.41, 5.74) is 0.628. The third-order valence-electron chi connectivity index (χ3n) is 5.77. The van der Waals surface area contributed by atoms with E-state index in [4.69, 9.17) is 4.74 Å². The maximum atomic E-state index is 12.7. The van der Waals surface area contributed by atoms with Crippen molar-refractivity contribution >= 4 is 11.8 Å². The number of rotatable bonds is 4. The molecule has 2 aliphatic rings. The highest BCUT2D eigenvalue weighted by Gasteiger charge is 2.63. The first-order valence-electron chi connectivity index (χ1n) is 7.72. The van der Waals surface area contributed by atoms with Crippen LogP contribution in [-0.4, -0.2) is 18.4 Å². The van der Waals surface area contributed by atoms with Crippen LogP contribution in [0.2, 0.25) is 0 Å². The van der Waals surface area contributed by atoms with Crippen LogP contribution in [0.1, 0.15) is 53.9 Å². The molecule has 2 fully saturated rings. The molecule has 0 aromatic carbocycles. The Morgan fingerprint density at radius 2 is 2.05 bits per heavy atom. The number of hydrogen-bond donors (Lipinski definition) is 0. The predicted octanol–water partition coefficient (Wildman–Crippen LogP) is 3.53. The van der Waals surface area contributed by atoms with Crippen LogP contribution in [0.5, 0.6) is 0 Å². The Morgan fingerprint density at radius 3 is 2.50 bits per heavy atom. The number of carbonyl (C=O) groups is 2. The second-order valence-electron chi connectivity index (χ2n) is 6.86. The van der Waals surface area contributed by atoms with Gasteiger partial charge < -0.3 is 4.74 Å². The van der Waals surface area contributed by atoms with Gasteiger partial charge in [-0.2, -0.15) is 0 Å². The molecule has 0 aliphatic heterocycles. The highest BCUT2D eigenvalue weighted by molar-refractivity contribution is 6.05. The summed E-state index contributed by atoms with van der Waals surface area (Å²) >= 11 is 0. The highest BCUT2D eigenvalue weighted by atomic mass is 16.5. The molecule has 2 saturated carbocycles. The van der Waals surface area contributed by atoms with Gasteiger partial charge in [-0.3, -0.25) is 9.59 Å². The highest BCUT2D eigenvalue weighted by Crippen LogP contribution is 2.65. The first-order valence-corrected chi connectivity index (χ1v) is 7.72. The number of esters is 1. The van der Waals surface area contributed by atoms with E-state index in [1.165, 1.54) is 0 Å². The Labute approximate surface area is 121 Å². The van der Waals surface area contributed by atoms with Crippen molar-refractivity contribution in [2.45, 2.75) is 53.9 Å². The minimum absolute atomic E-state index is 0.00285. The van der Waals surface area contributed by atoms with Gasteiger partial charge in [0.05, 0.1) is 12.5 Å². The van der Waals surface area contributed by atoms with Gasteiger partial charge in [-0.05, 0) is 43.1 Å². The second-order valence-corrected chi connectivity index (χ2v) is 6.86. The number of Topliss-reactive ketones (excluding diaryl/α,β-unsaturated/α-hetero) is 1. The molecule has 0 unspecified atom stereocenters. The molecule has 2 rings (SSSR count). The van der Waals surface area contributed by atoms with Crippen LogP contribution < -0.4 is 0 Å². The zero-order valence-corrected chi connectivity index (χ0v) is 13.3. The van der Waals surface area contributed by atoms with Gasteiger partial charge in [0, 0.05) is 5.41 Å². The van der Waals surface area contributed by atoms with Gasteiger partial charge in [-0.1, -0.05) is 33.8 Å². The van der Waals surface area contributed by atoms with Crippen LogP contribution in [0.25, 0.3) is 0 Å². The number of ether oxygens (including phenoxy) is 1. The summed E-state index contributed by atoms with van der Waals surface area (Å²) in [5, 5.41) is 0. The van der Waals surface area contributed by atoms with Gasteiger partial charge >= 0.3 is 5.97 Å². The van der Waals surface area contributed by atoms with Gasteiger partial charge in [0.25, 0.3) is 0 Å². The molecule has 0 radical (unpaired) electrons. The summed E-state index contributed by atoms with van der Waals surface area (Å²) < 4.78 is 5.10. The molecule has 0 heterocycles. The molecule has 0 aromatic rings. The molecular formula is C17H26O3. The zero-order chi connectivity index (χ0) is 15.1. The maximum Gasteiger partial charge on any atom is 0.312 e. The fourth-order valence-corrected chi connectivity index (χ4v) is 3.94. The molecule has 0 spiro atoms. The molecule has 2 bridgehead atoms. The smallest absolute Gasteiger partial charge is 0.312 e. The lowest BCUT2D eigenvalue weighted by Gasteiger charge is -2.31. The normalized spacial score (nSPS) is 34.5. The van der Waals surface area contributed by atoms with Crippen LogP contribution in [0, 0.1) is 22.7 Å².